The molecule has 0 unspecified atom stereocenters. The zero-order chi connectivity index (χ0) is 14.4. The van der Waals surface area contributed by atoms with Gasteiger partial charge >= 0.3 is 0 Å². The van der Waals surface area contributed by atoms with Gasteiger partial charge in [0.05, 0.1) is 12.2 Å². The first-order valence-electron chi connectivity index (χ1n) is 6.45. The summed E-state index contributed by atoms with van der Waals surface area (Å²) in [7, 11) is 0. The molecule has 0 radical (unpaired) electrons. The largest absolute Gasteiger partial charge is 0.298 e. The molecule has 0 atom stereocenters. The highest BCUT2D eigenvalue weighted by atomic mass is 32.2. The molecule has 20 heavy (non-hydrogen) atoms. The lowest BCUT2D eigenvalue weighted by Crippen LogP contribution is -2.12. The molecule has 0 amide bonds. The van der Waals surface area contributed by atoms with Crippen molar-refractivity contribution in [2.45, 2.75) is 31.2 Å². The summed E-state index contributed by atoms with van der Waals surface area (Å²) in [4.78, 5) is 16.8. The van der Waals surface area contributed by atoms with E-state index in [0.717, 1.165) is 17.9 Å². The molecule has 4 nitrogen and oxygen atoms in total. The van der Waals surface area contributed by atoms with Gasteiger partial charge < -0.3 is 0 Å². The summed E-state index contributed by atoms with van der Waals surface area (Å²) in [6.45, 7) is 2.81. The molecule has 106 valence electrons. The number of thioether (sulfide) groups is 1. The van der Waals surface area contributed by atoms with Crippen LogP contribution >= 0.6 is 11.8 Å². The minimum Gasteiger partial charge on any atom is -0.298 e. The van der Waals surface area contributed by atoms with Crippen LogP contribution in [0, 0.1) is 5.82 Å². The van der Waals surface area contributed by atoms with Crippen molar-refractivity contribution in [1.29, 1.82) is 0 Å². The van der Waals surface area contributed by atoms with E-state index in [0.29, 0.717) is 11.6 Å². The second-order valence-electron chi connectivity index (χ2n) is 4.36. The molecule has 1 heterocycles. The third-order valence-electron chi connectivity index (χ3n) is 2.68. The van der Waals surface area contributed by atoms with Gasteiger partial charge in [-0.05, 0) is 24.6 Å². The van der Waals surface area contributed by atoms with Crippen LogP contribution in [-0.4, -0.2) is 26.3 Å². The van der Waals surface area contributed by atoms with Crippen molar-refractivity contribution in [1.82, 2.24) is 14.8 Å². The van der Waals surface area contributed by atoms with Crippen LogP contribution in [0.1, 0.15) is 19.2 Å². The van der Waals surface area contributed by atoms with E-state index in [1.165, 1.54) is 30.2 Å². The van der Waals surface area contributed by atoms with Crippen molar-refractivity contribution < 1.29 is 9.18 Å². The molecule has 0 aliphatic rings. The Labute approximate surface area is 121 Å². The second-order valence-corrected chi connectivity index (χ2v) is 5.41. The fraction of sp³-hybridized carbons (Fsp3) is 0.357. The van der Waals surface area contributed by atoms with Gasteiger partial charge in [0.1, 0.15) is 18.0 Å². The van der Waals surface area contributed by atoms with Gasteiger partial charge in [0.25, 0.3) is 0 Å². The highest BCUT2D eigenvalue weighted by Crippen LogP contribution is 2.19. The molecule has 0 N–H and O–H groups in total. The normalized spacial score (nSPS) is 10.7. The highest BCUT2D eigenvalue weighted by Gasteiger charge is 2.10. The Morgan fingerprint density at radius 1 is 1.45 bits per heavy atom. The zero-order valence-corrected chi connectivity index (χ0v) is 12.1. The molecular weight excluding hydrogens is 277 g/mol. The fourth-order valence-corrected chi connectivity index (χ4v) is 2.57. The molecular formula is C14H16FN3OS. The highest BCUT2D eigenvalue weighted by molar-refractivity contribution is 8.00. The first kappa shape index (κ1) is 14.7. The number of ketones is 1. The Hall–Kier alpha value is -1.69. The Kier molecular flexibility index (Phi) is 5.29. The summed E-state index contributed by atoms with van der Waals surface area (Å²) in [5.74, 6) is 0.772. The number of hydrogen-bond acceptors (Lipinski definition) is 4. The summed E-state index contributed by atoms with van der Waals surface area (Å²) in [5.41, 5.74) is 0. The van der Waals surface area contributed by atoms with E-state index in [1.54, 1.807) is 16.8 Å². The average Bonchev–Trinajstić information content (AvgIpc) is 2.84. The van der Waals surface area contributed by atoms with Gasteiger partial charge in [-0.15, -0.1) is 11.8 Å². The number of carbonyl (C=O) groups is 1. The van der Waals surface area contributed by atoms with Gasteiger partial charge in [0.2, 0.25) is 0 Å². The third kappa shape index (κ3) is 4.16. The van der Waals surface area contributed by atoms with Gasteiger partial charge in [-0.2, -0.15) is 5.10 Å². The molecule has 0 aliphatic carbocycles. The van der Waals surface area contributed by atoms with E-state index < -0.39 is 0 Å². The number of hydrogen-bond donors (Lipinski definition) is 0. The Morgan fingerprint density at radius 2 is 2.30 bits per heavy atom. The summed E-state index contributed by atoms with van der Waals surface area (Å²) in [6.07, 6.45) is 2.68. The van der Waals surface area contributed by atoms with Crippen molar-refractivity contribution in [2.24, 2.45) is 0 Å². The summed E-state index contributed by atoms with van der Waals surface area (Å²) >= 11 is 1.34. The van der Waals surface area contributed by atoms with Crippen LogP contribution in [-0.2, 0) is 17.8 Å². The lowest BCUT2D eigenvalue weighted by molar-refractivity contribution is -0.116. The molecule has 0 saturated heterocycles. The van der Waals surface area contributed by atoms with Crippen molar-refractivity contribution in [3.63, 3.8) is 0 Å². The lowest BCUT2D eigenvalue weighted by atomic mass is 10.3. The van der Waals surface area contributed by atoms with Crippen LogP contribution in [0.2, 0.25) is 0 Å². The Morgan fingerprint density at radius 3 is 3.05 bits per heavy atom. The summed E-state index contributed by atoms with van der Waals surface area (Å²) in [5, 5.41) is 4.09. The average molecular weight is 293 g/mol. The molecule has 0 fully saturated rings. The Balaban J connectivity index is 1.88. The van der Waals surface area contributed by atoms with E-state index in [-0.39, 0.29) is 18.0 Å². The molecule has 0 saturated carbocycles. The maximum atomic E-state index is 13.0. The minimum absolute atomic E-state index is 0.0598. The van der Waals surface area contributed by atoms with Crippen LogP contribution < -0.4 is 0 Å². The lowest BCUT2D eigenvalue weighted by Gasteiger charge is -2.04. The monoisotopic (exact) mass is 293 g/mol. The molecule has 2 rings (SSSR count). The third-order valence-corrected chi connectivity index (χ3v) is 3.74. The maximum Gasteiger partial charge on any atom is 0.150 e. The van der Waals surface area contributed by atoms with Crippen LogP contribution in [0.4, 0.5) is 4.39 Å². The van der Waals surface area contributed by atoms with E-state index in [4.69, 9.17) is 0 Å². The number of aryl methyl sites for hydroxylation is 1. The number of carbonyl (C=O) groups excluding carboxylic acids is 1. The molecule has 1 aromatic heterocycles. The number of benzene rings is 1. The molecule has 0 bridgehead atoms. The number of rotatable bonds is 7. The summed E-state index contributed by atoms with van der Waals surface area (Å²) < 4.78 is 14.8. The van der Waals surface area contributed by atoms with Crippen LogP contribution in [0.15, 0.2) is 35.5 Å². The zero-order valence-electron chi connectivity index (χ0n) is 11.3. The quantitative estimate of drug-likeness (QED) is 0.736. The Bertz CT molecular complexity index is 585. The predicted octanol–water partition coefficient (Wildman–Crippen LogP) is 2.73. The van der Waals surface area contributed by atoms with Gasteiger partial charge in [-0.25, -0.2) is 14.1 Å². The van der Waals surface area contributed by atoms with Crippen LogP contribution in [0.5, 0.6) is 0 Å². The topological polar surface area (TPSA) is 47.8 Å². The maximum absolute atomic E-state index is 13.0. The van der Waals surface area contributed by atoms with Gasteiger partial charge in [-0.3, -0.25) is 4.79 Å². The van der Waals surface area contributed by atoms with Gasteiger partial charge in [0.15, 0.2) is 5.78 Å². The predicted molar refractivity (Wildman–Crippen MR) is 76.1 cm³/mol. The summed E-state index contributed by atoms with van der Waals surface area (Å²) in [6, 6.07) is 6.25. The van der Waals surface area contributed by atoms with Crippen LogP contribution in [0.25, 0.3) is 0 Å². The fourth-order valence-electron chi connectivity index (χ4n) is 1.77. The van der Waals surface area contributed by atoms with Crippen molar-refractivity contribution in [3.8, 4) is 0 Å². The minimum atomic E-state index is -0.287. The van der Waals surface area contributed by atoms with Crippen molar-refractivity contribution in [3.05, 3.63) is 42.2 Å². The van der Waals surface area contributed by atoms with E-state index >= 15 is 0 Å². The number of aromatic nitrogens is 3. The van der Waals surface area contributed by atoms with Gasteiger partial charge in [-0.1, -0.05) is 13.0 Å². The first-order valence-corrected chi connectivity index (χ1v) is 7.44. The van der Waals surface area contributed by atoms with Crippen molar-refractivity contribution in [2.75, 3.05) is 5.75 Å². The molecule has 2 aromatic rings. The smallest absolute Gasteiger partial charge is 0.150 e. The van der Waals surface area contributed by atoms with E-state index in [1.807, 2.05) is 6.92 Å². The number of Topliss-reactive ketones (excluding diaryl/α,β-unsaturated/α-hetero) is 1. The molecule has 6 heteroatoms. The molecule has 1 aromatic carbocycles. The number of nitrogens with zero attached hydrogens (tertiary/aromatic N) is 3. The molecule has 0 spiro atoms. The first-order chi connectivity index (χ1) is 9.69. The second kappa shape index (κ2) is 7.19. The SMILES string of the molecule is CCCn1ncnc1CC(=O)CSc1cccc(F)c1. The van der Waals surface area contributed by atoms with E-state index in [2.05, 4.69) is 10.1 Å². The van der Waals surface area contributed by atoms with Gasteiger partial charge in [0, 0.05) is 11.4 Å². The van der Waals surface area contributed by atoms with Crippen LogP contribution in [0.3, 0.4) is 0 Å². The number of halogens is 1. The van der Waals surface area contributed by atoms with E-state index in [9.17, 15) is 9.18 Å². The molecule has 0 aliphatic heterocycles. The standard InChI is InChI=1S/C14H16FN3OS/c1-2-6-18-14(16-10-17-18)8-12(19)9-20-13-5-3-4-11(15)7-13/h3-5,7,10H,2,6,8-9H2,1H3. The van der Waals surface area contributed by atoms with Crippen molar-refractivity contribution >= 4 is 17.5 Å².